The Labute approximate surface area is 153 Å². The smallest absolute Gasteiger partial charge is 0.251 e. The highest BCUT2D eigenvalue weighted by Crippen LogP contribution is 2.08. The van der Waals surface area contributed by atoms with Crippen LogP contribution in [0.2, 0.25) is 0 Å². The molecule has 0 aromatic heterocycles. The summed E-state index contributed by atoms with van der Waals surface area (Å²) in [5, 5.41) is 5.86. The first-order valence-electron chi connectivity index (χ1n) is 8.58. The van der Waals surface area contributed by atoms with Crippen molar-refractivity contribution in [3.05, 3.63) is 71.0 Å². The molecular formula is C20H25FN4O. The molecule has 0 saturated heterocycles. The molecule has 0 radical (unpaired) electrons. The number of carbonyl (C=O) groups excluding carboxylic acids is 1. The number of rotatable bonds is 6. The fourth-order valence-corrected chi connectivity index (χ4v) is 2.48. The van der Waals surface area contributed by atoms with Crippen molar-refractivity contribution in [2.45, 2.75) is 20.0 Å². The third kappa shape index (κ3) is 5.58. The van der Waals surface area contributed by atoms with E-state index in [1.807, 2.05) is 31.0 Å². The minimum atomic E-state index is -0.239. The minimum absolute atomic E-state index is 0.104. The Morgan fingerprint density at radius 1 is 1.08 bits per heavy atom. The Hall–Kier alpha value is -2.89. The van der Waals surface area contributed by atoms with Crippen molar-refractivity contribution in [2.75, 3.05) is 20.6 Å². The van der Waals surface area contributed by atoms with Crippen molar-refractivity contribution in [1.29, 1.82) is 0 Å². The number of carbonyl (C=O) groups is 1. The molecule has 138 valence electrons. The van der Waals surface area contributed by atoms with Crippen LogP contribution in [-0.4, -0.2) is 37.4 Å². The number of hydrogen-bond acceptors (Lipinski definition) is 2. The van der Waals surface area contributed by atoms with Gasteiger partial charge in [0.15, 0.2) is 5.96 Å². The maximum atomic E-state index is 13.0. The highest BCUT2D eigenvalue weighted by atomic mass is 19.1. The standard InChI is InChI=1S/C20H25FN4O/c1-4-23-20(25(3)14-16-7-11-18(21)12-8-16)24-13-15-5-9-17(10-6-15)19(26)22-2/h5-12H,4,13-14H2,1-3H3,(H,22,26)(H,23,24). The molecule has 0 bridgehead atoms. The van der Waals surface area contributed by atoms with Crippen molar-refractivity contribution >= 4 is 11.9 Å². The van der Waals surface area contributed by atoms with Gasteiger partial charge in [0.05, 0.1) is 6.54 Å². The summed E-state index contributed by atoms with van der Waals surface area (Å²) < 4.78 is 13.0. The van der Waals surface area contributed by atoms with Crippen molar-refractivity contribution in [3.63, 3.8) is 0 Å². The van der Waals surface area contributed by atoms with Gasteiger partial charge in [0.25, 0.3) is 5.91 Å². The molecule has 0 aliphatic rings. The molecule has 0 unspecified atom stereocenters. The molecule has 0 atom stereocenters. The summed E-state index contributed by atoms with van der Waals surface area (Å²) in [4.78, 5) is 18.2. The second-order valence-corrected chi connectivity index (χ2v) is 5.93. The second kappa shape index (κ2) is 9.56. The predicted molar refractivity (Wildman–Crippen MR) is 103 cm³/mol. The largest absolute Gasteiger partial charge is 0.357 e. The van der Waals surface area contributed by atoms with Crippen molar-refractivity contribution < 1.29 is 9.18 Å². The summed E-state index contributed by atoms with van der Waals surface area (Å²) >= 11 is 0. The number of nitrogens with zero attached hydrogens (tertiary/aromatic N) is 2. The molecule has 0 aliphatic heterocycles. The molecule has 0 fully saturated rings. The van der Waals surface area contributed by atoms with Crippen LogP contribution in [0.3, 0.4) is 0 Å². The van der Waals surface area contributed by atoms with Gasteiger partial charge in [0.1, 0.15) is 5.82 Å². The van der Waals surface area contributed by atoms with Gasteiger partial charge in [-0.3, -0.25) is 4.79 Å². The molecule has 2 rings (SSSR count). The summed E-state index contributed by atoms with van der Waals surface area (Å²) in [5.41, 5.74) is 2.65. The highest BCUT2D eigenvalue weighted by Gasteiger charge is 2.07. The Bertz CT molecular complexity index is 741. The molecule has 0 heterocycles. The van der Waals surface area contributed by atoms with Gasteiger partial charge in [-0.15, -0.1) is 0 Å². The summed E-state index contributed by atoms with van der Waals surface area (Å²) in [5.74, 6) is 0.428. The van der Waals surface area contributed by atoms with Crippen LogP contribution in [0.4, 0.5) is 4.39 Å². The molecule has 0 aliphatic carbocycles. The Kier molecular flexibility index (Phi) is 7.14. The first kappa shape index (κ1) is 19.4. The Morgan fingerprint density at radius 2 is 1.69 bits per heavy atom. The van der Waals surface area contributed by atoms with Crippen LogP contribution < -0.4 is 10.6 Å². The molecule has 0 spiro atoms. The van der Waals surface area contributed by atoms with Gasteiger partial charge in [-0.2, -0.15) is 0 Å². The van der Waals surface area contributed by atoms with Crippen LogP contribution in [0, 0.1) is 5.82 Å². The zero-order valence-electron chi connectivity index (χ0n) is 15.4. The molecule has 0 saturated carbocycles. The summed E-state index contributed by atoms with van der Waals surface area (Å²) in [7, 11) is 3.56. The van der Waals surface area contributed by atoms with Crippen LogP contribution in [0.5, 0.6) is 0 Å². The number of guanidine groups is 1. The van der Waals surface area contributed by atoms with E-state index in [1.165, 1.54) is 12.1 Å². The number of amides is 1. The lowest BCUT2D eigenvalue weighted by molar-refractivity contribution is 0.0963. The third-order valence-corrected chi connectivity index (χ3v) is 3.88. The number of nitrogens with one attached hydrogen (secondary N) is 2. The number of benzene rings is 2. The van der Waals surface area contributed by atoms with E-state index in [4.69, 9.17) is 0 Å². The maximum Gasteiger partial charge on any atom is 0.251 e. The Morgan fingerprint density at radius 3 is 2.27 bits per heavy atom. The molecule has 5 nitrogen and oxygen atoms in total. The molecule has 2 aromatic carbocycles. The van der Waals surface area contributed by atoms with Crippen LogP contribution in [0.15, 0.2) is 53.5 Å². The zero-order chi connectivity index (χ0) is 18.9. The molecular weight excluding hydrogens is 331 g/mol. The summed E-state index contributed by atoms with van der Waals surface area (Å²) in [6, 6.07) is 13.8. The van der Waals surface area contributed by atoms with E-state index >= 15 is 0 Å². The van der Waals surface area contributed by atoms with E-state index in [1.54, 1.807) is 31.3 Å². The topological polar surface area (TPSA) is 56.7 Å². The maximum absolute atomic E-state index is 13.0. The number of aliphatic imine (C=N–C) groups is 1. The second-order valence-electron chi connectivity index (χ2n) is 5.93. The average Bonchev–Trinajstić information content (AvgIpc) is 2.66. The monoisotopic (exact) mass is 356 g/mol. The fourth-order valence-electron chi connectivity index (χ4n) is 2.48. The van der Waals surface area contributed by atoms with E-state index in [2.05, 4.69) is 15.6 Å². The first-order chi connectivity index (χ1) is 12.5. The van der Waals surface area contributed by atoms with Crippen LogP contribution in [0.1, 0.15) is 28.4 Å². The van der Waals surface area contributed by atoms with Gasteiger partial charge in [-0.1, -0.05) is 24.3 Å². The van der Waals surface area contributed by atoms with Crippen LogP contribution in [0.25, 0.3) is 0 Å². The van der Waals surface area contributed by atoms with Gasteiger partial charge < -0.3 is 15.5 Å². The van der Waals surface area contributed by atoms with E-state index in [9.17, 15) is 9.18 Å². The van der Waals surface area contributed by atoms with Crippen molar-refractivity contribution in [3.8, 4) is 0 Å². The SMILES string of the molecule is CCNC(=NCc1ccc(C(=O)NC)cc1)N(C)Cc1ccc(F)cc1. The van der Waals surface area contributed by atoms with Gasteiger partial charge in [0, 0.05) is 32.7 Å². The van der Waals surface area contributed by atoms with Crippen molar-refractivity contribution in [2.24, 2.45) is 4.99 Å². The number of halogens is 1. The lowest BCUT2D eigenvalue weighted by atomic mass is 10.1. The molecule has 1 amide bonds. The van der Waals surface area contributed by atoms with Gasteiger partial charge in [0.2, 0.25) is 0 Å². The summed E-state index contributed by atoms with van der Waals surface area (Å²) in [6.07, 6.45) is 0. The van der Waals surface area contributed by atoms with Crippen molar-refractivity contribution in [1.82, 2.24) is 15.5 Å². The van der Waals surface area contributed by atoms with Gasteiger partial charge in [-0.05, 0) is 42.3 Å². The lowest BCUT2D eigenvalue weighted by Crippen LogP contribution is -2.38. The highest BCUT2D eigenvalue weighted by molar-refractivity contribution is 5.93. The predicted octanol–water partition coefficient (Wildman–Crippen LogP) is 2.78. The number of hydrogen-bond donors (Lipinski definition) is 2. The first-order valence-corrected chi connectivity index (χ1v) is 8.58. The minimum Gasteiger partial charge on any atom is -0.357 e. The van der Waals surface area contributed by atoms with Crippen LogP contribution >= 0.6 is 0 Å². The molecule has 2 aromatic rings. The molecule has 2 N–H and O–H groups in total. The van der Waals surface area contributed by atoms with E-state index in [0.29, 0.717) is 18.7 Å². The van der Waals surface area contributed by atoms with E-state index in [-0.39, 0.29) is 11.7 Å². The van der Waals surface area contributed by atoms with E-state index in [0.717, 1.165) is 23.6 Å². The molecule has 26 heavy (non-hydrogen) atoms. The lowest BCUT2D eigenvalue weighted by Gasteiger charge is -2.22. The van der Waals surface area contributed by atoms with Crippen LogP contribution in [-0.2, 0) is 13.1 Å². The quantitative estimate of drug-likeness (QED) is 0.618. The third-order valence-electron chi connectivity index (χ3n) is 3.88. The zero-order valence-corrected chi connectivity index (χ0v) is 15.4. The normalized spacial score (nSPS) is 11.2. The van der Waals surface area contributed by atoms with Gasteiger partial charge in [-0.25, -0.2) is 9.38 Å². The Balaban J connectivity index is 2.05. The molecule has 6 heteroatoms. The summed E-state index contributed by atoms with van der Waals surface area (Å²) in [6.45, 7) is 3.90. The van der Waals surface area contributed by atoms with E-state index < -0.39 is 0 Å². The fraction of sp³-hybridized carbons (Fsp3) is 0.300. The van der Waals surface area contributed by atoms with Gasteiger partial charge >= 0.3 is 0 Å². The average molecular weight is 356 g/mol.